The zero-order chi connectivity index (χ0) is 21.0. The number of benzene rings is 1. The maximum Gasteiger partial charge on any atom is 0.237 e. The van der Waals surface area contributed by atoms with Gasteiger partial charge in [-0.15, -0.1) is 24.0 Å². The first-order valence-electron chi connectivity index (χ1n) is 10.9. The molecule has 10 heteroatoms. The minimum absolute atomic E-state index is 0. The molecule has 0 aromatic heterocycles. The second kappa shape index (κ2) is 11.2. The molecule has 2 fully saturated rings. The Kier molecular flexibility index (Phi) is 8.82. The van der Waals surface area contributed by atoms with E-state index in [1.54, 1.807) is 0 Å². The third kappa shape index (κ3) is 5.82. The molecule has 0 bridgehead atoms. The molecule has 0 saturated carbocycles. The maximum atomic E-state index is 12.9. The van der Waals surface area contributed by atoms with Crippen molar-refractivity contribution in [2.45, 2.75) is 38.4 Å². The van der Waals surface area contributed by atoms with Crippen molar-refractivity contribution in [3.63, 3.8) is 0 Å². The van der Waals surface area contributed by atoms with Crippen LogP contribution in [-0.2, 0) is 25.9 Å². The average Bonchev–Trinajstić information content (AvgIpc) is 3.43. The molecule has 1 N–H and O–H groups in total. The van der Waals surface area contributed by atoms with E-state index in [2.05, 4.69) is 15.2 Å². The monoisotopic (exact) mass is 564 g/mol. The quantitative estimate of drug-likeness (QED) is 0.323. The van der Waals surface area contributed by atoms with E-state index in [-0.39, 0.29) is 48.5 Å². The SMILES string of the molecule is CCNC(=NCCS(=O)(=O)N1CCc2ccccc21)N1CCOC(C2CCCO2)C1.I. The lowest BCUT2D eigenvalue weighted by molar-refractivity contribution is -0.0816. The van der Waals surface area contributed by atoms with E-state index in [1.807, 2.05) is 31.2 Å². The predicted molar refractivity (Wildman–Crippen MR) is 133 cm³/mol. The van der Waals surface area contributed by atoms with Crippen LogP contribution in [0.15, 0.2) is 29.3 Å². The van der Waals surface area contributed by atoms with Gasteiger partial charge in [-0.2, -0.15) is 0 Å². The molecule has 2 saturated heterocycles. The first kappa shape index (κ1) is 24.5. The number of ether oxygens (including phenoxy) is 2. The van der Waals surface area contributed by atoms with Gasteiger partial charge in [-0.1, -0.05) is 18.2 Å². The van der Waals surface area contributed by atoms with Crippen molar-refractivity contribution >= 4 is 45.6 Å². The lowest BCUT2D eigenvalue weighted by Gasteiger charge is -2.37. The fourth-order valence-electron chi connectivity index (χ4n) is 4.39. The van der Waals surface area contributed by atoms with Crippen molar-refractivity contribution in [3.8, 4) is 0 Å². The Balaban J connectivity index is 0.00000272. The minimum atomic E-state index is -3.40. The fraction of sp³-hybridized carbons (Fsp3) is 0.667. The summed E-state index contributed by atoms with van der Waals surface area (Å²) in [4.78, 5) is 6.80. The number of para-hydroxylation sites is 1. The van der Waals surface area contributed by atoms with E-state index >= 15 is 0 Å². The Morgan fingerprint density at radius 3 is 2.77 bits per heavy atom. The van der Waals surface area contributed by atoms with Crippen molar-refractivity contribution in [3.05, 3.63) is 29.8 Å². The van der Waals surface area contributed by atoms with Crippen LogP contribution >= 0.6 is 24.0 Å². The molecule has 174 valence electrons. The highest BCUT2D eigenvalue weighted by molar-refractivity contribution is 14.0. The van der Waals surface area contributed by atoms with Crippen LogP contribution in [0.2, 0.25) is 0 Å². The lowest BCUT2D eigenvalue weighted by atomic mass is 10.1. The van der Waals surface area contributed by atoms with Gasteiger partial charge in [0.05, 0.1) is 30.7 Å². The number of halogens is 1. The molecule has 1 aromatic carbocycles. The number of hydrogen-bond donors (Lipinski definition) is 1. The summed E-state index contributed by atoms with van der Waals surface area (Å²) in [6, 6.07) is 7.71. The normalized spacial score (nSPS) is 24.1. The van der Waals surface area contributed by atoms with Crippen LogP contribution in [0.4, 0.5) is 5.69 Å². The topological polar surface area (TPSA) is 83.5 Å². The zero-order valence-corrected chi connectivity index (χ0v) is 21.2. The molecule has 0 spiro atoms. The summed E-state index contributed by atoms with van der Waals surface area (Å²) in [5.41, 5.74) is 1.90. The van der Waals surface area contributed by atoms with Gasteiger partial charge in [0, 0.05) is 32.8 Å². The third-order valence-electron chi connectivity index (χ3n) is 5.90. The van der Waals surface area contributed by atoms with Crippen molar-refractivity contribution in [2.75, 3.05) is 56.0 Å². The molecule has 3 heterocycles. The number of nitrogens with zero attached hydrogens (tertiary/aromatic N) is 3. The van der Waals surface area contributed by atoms with Gasteiger partial charge in [0.1, 0.15) is 6.10 Å². The summed E-state index contributed by atoms with van der Waals surface area (Å²) in [5.74, 6) is 0.747. The molecule has 3 aliphatic heterocycles. The van der Waals surface area contributed by atoms with Crippen LogP contribution in [0.1, 0.15) is 25.3 Å². The number of guanidine groups is 1. The van der Waals surface area contributed by atoms with Crippen molar-refractivity contribution in [1.29, 1.82) is 0 Å². The number of fused-ring (bicyclic) bond motifs is 1. The number of hydrogen-bond acceptors (Lipinski definition) is 5. The second-order valence-electron chi connectivity index (χ2n) is 7.91. The van der Waals surface area contributed by atoms with E-state index in [9.17, 15) is 8.42 Å². The molecule has 0 radical (unpaired) electrons. The number of rotatable bonds is 6. The highest BCUT2D eigenvalue weighted by Gasteiger charge is 2.32. The van der Waals surface area contributed by atoms with Crippen LogP contribution in [0.3, 0.4) is 0 Å². The predicted octanol–water partition coefficient (Wildman–Crippen LogP) is 1.84. The van der Waals surface area contributed by atoms with Crippen LogP contribution in [0, 0.1) is 0 Å². The van der Waals surface area contributed by atoms with E-state index in [4.69, 9.17) is 9.47 Å². The van der Waals surface area contributed by atoms with Crippen LogP contribution < -0.4 is 9.62 Å². The largest absolute Gasteiger partial charge is 0.375 e. The first-order chi connectivity index (χ1) is 14.6. The van der Waals surface area contributed by atoms with Gasteiger partial charge >= 0.3 is 0 Å². The smallest absolute Gasteiger partial charge is 0.237 e. The van der Waals surface area contributed by atoms with Gasteiger partial charge in [0.15, 0.2) is 5.96 Å². The van der Waals surface area contributed by atoms with E-state index in [0.717, 1.165) is 56.2 Å². The Hall–Kier alpha value is -1.11. The van der Waals surface area contributed by atoms with E-state index in [0.29, 0.717) is 19.7 Å². The summed E-state index contributed by atoms with van der Waals surface area (Å²) >= 11 is 0. The van der Waals surface area contributed by atoms with Crippen molar-refractivity contribution in [2.24, 2.45) is 4.99 Å². The van der Waals surface area contributed by atoms with E-state index < -0.39 is 10.0 Å². The Bertz CT molecular complexity index is 861. The molecule has 4 rings (SSSR count). The molecule has 0 aliphatic carbocycles. The molecular weight excluding hydrogens is 531 g/mol. The highest BCUT2D eigenvalue weighted by atomic mass is 127. The first-order valence-corrected chi connectivity index (χ1v) is 12.5. The number of anilines is 1. The molecule has 0 amide bonds. The standard InChI is InChI=1S/C21H32N4O4S.HI/c1-2-22-21(24-12-14-29-20(16-24)19-8-5-13-28-19)23-10-15-30(26,27)25-11-9-17-6-3-4-7-18(17)25;/h3-4,6-7,19-20H,2,5,8-16H2,1H3,(H,22,23);1H. The Labute approximate surface area is 202 Å². The number of aliphatic imine (C=N–C) groups is 1. The Morgan fingerprint density at radius 2 is 2.00 bits per heavy atom. The lowest BCUT2D eigenvalue weighted by Crippen LogP contribution is -2.53. The summed E-state index contributed by atoms with van der Waals surface area (Å²) in [5, 5.41) is 3.31. The summed E-state index contributed by atoms with van der Waals surface area (Å²) in [6.45, 7) is 6.36. The average molecular weight is 564 g/mol. The molecule has 8 nitrogen and oxygen atoms in total. The van der Waals surface area contributed by atoms with Gasteiger partial charge < -0.3 is 19.7 Å². The van der Waals surface area contributed by atoms with Crippen molar-refractivity contribution in [1.82, 2.24) is 10.2 Å². The number of sulfonamides is 1. The molecule has 3 aliphatic rings. The van der Waals surface area contributed by atoms with E-state index in [1.165, 1.54) is 4.31 Å². The van der Waals surface area contributed by atoms with Gasteiger partial charge in [0.25, 0.3) is 0 Å². The maximum absolute atomic E-state index is 12.9. The minimum Gasteiger partial charge on any atom is -0.375 e. The summed E-state index contributed by atoms with van der Waals surface area (Å²) < 4.78 is 39.1. The zero-order valence-electron chi connectivity index (χ0n) is 18.0. The van der Waals surface area contributed by atoms with Crippen LogP contribution in [0.5, 0.6) is 0 Å². The van der Waals surface area contributed by atoms with Crippen LogP contribution in [-0.4, -0.2) is 83.2 Å². The number of morpholine rings is 1. The van der Waals surface area contributed by atoms with Crippen molar-refractivity contribution < 1.29 is 17.9 Å². The van der Waals surface area contributed by atoms with Gasteiger partial charge in [0.2, 0.25) is 10.0 Å². The second-order valence-corrected chi connectivity index (χ2v) is 9.92. The van der Waals surface area contributed by atoms with Gasteiger partial charge in [-0.05, 0) is 37.8 Å². The Morgan fingerprint density at radius 1 is 1.19 bits per heavy atom. The molecule has 1 aromatic rings. The molecule has 2 unspecified atom stereocenters. The molecule has 2 atom stereocenters. The molecule has 31 heavy (non-hydrogen) atoms. The summed E-state index contributed by atoms with van der Waals surface area (Å²) in [6.07, 6.45) is 3.05. The third-order valence-corrected chi connectivity index (χ3v) is 7.65. The van der Waals surface area contributed by atoms with Crippen LogP contribution in [0.25, 0.3) is 0 Å². The molecular formula is C21H33IN4O4S. The fourth-order valence-corrected chi connectivity index (χ4v) is 5.78. The number of nitrogens with one attached hydrogen (secondary N) is 1. The van der Waals surface area contributed by atoms with Gasteiger partial charge in [-0.25, -0.2) is 8.42 Å². The van der Waals surface area contributed by atoms with Gasteiger partial charge in [-0.3, -0.25) is 9.30 Å². The highest BCUT2D eigenvalue weighted by Crippen LogP contribution is 2.30. The summed E-state index contributed by atoms with van der Waals surface area (Å²) in [7, 11) is -3.40.